The van der Waals surface area contributed by atoms with Crippen LogP contribution in [-0.4, -0.2) is 10.9 Å². The van der Waals surface area contributed by atoms with Crippen molar-refractivity contribution in [2.75, 3.05) is 0 Å². The number of allylic oxidation sites excluding steroid dienone is 8. The van der Waals surface area contributed by atoms with Gasteiger partial charge in [0, 0.05) is 17.0 Å². The molecular formula is C22H20Cl5NO2. The van der Waals surface area contributed by atoms with Gasteiger partial charge in [0.1, 0.15) is 11.1 Å². The summed E-state index contributed by atoms with van der Waals surface area (Å²) in [5, 5.41) is 19.6. The molecule has 0 atom stereocenters. The SMILES string of the molecule is C\C=C(C)/C(=C\C(Cl)=C(/C)c1c(Cl)c(O)c(Cl)c(Cl)c1Cl)C(/C)=C(/C#N)C(=O)CC. The molecule has 0 aliphatic carbocycles. The summed E-state index contributed by atoms with van der Waals surface area (Å²) in [5.41, 5.74) is 2.64. The predicted molar refractivity (Wildman–Crippen MR) is 128 cm³/mol. The Labute approximate surface area is 201 Å². The normalized spacial score (nSPS) is 14.2. The fourth-order valence-corrected chi connectivity index (χ4v) is 4.03. The minimum absolute atomic E-state index is 0.0453. The van der Waals surface area contributed by atoms with E-state index in [0.29, 0.717) is 16.7 Å². The van der Waals surface area contributed by atoms with Crippen molar-refractivity contribution in [1.29, 1.82) is 5.26 Å². The van der Waals surface area contributed by atoms with E-state index in [-0.39, 0.29) is 48.5 Å². The third kappa shape index (κ3) is 5.44. The highest BCUT2D eigenvalue weighted by Gasteiger charge is 2.22. The fraction of sp³-hybridized carbons (Fsp3) is 0.273. The molecule has 0 radical (unpaired) electrons. The first-order valence-electron chi connectivity index (χ1n) is 8.85. The molecule has 0 saturated carbocycles. The summed E-state index contributed by atoms with van der Waals surface area (Å²) in [5.74, 6) is -0.668. The first kappa shape index (κ1) is 26.6. The third-order valence-corrected chi connectivity index (χ3v) is 6.67. The Morgan fingerprint density at radius 2 is 1.63 bits per heavy atom. The number of nitrogens with zero attached hydrogens (tertiary/aromatic N) is 1. The van der Waals surface area contributed by atoms with E-state index < -0.39 is 5.75 Å². The molecule has 1 aromatic rings. The maximum Gasteiger partial charge on any atom is 0.173 e. The quantitative estimate of drug-likeness (QED) is 0.138. The van der Waals surface area contributed by atoms with Crippen LogP contribution in [0.15, 0.2) is 39.5 Å². The van der Waals surface area contributed by atoms with Crippen LogP contribution in [0.25, 0.3) is 5.57 Å². The fourth-order valence-electron chi connectivity index (χ4n) is 2.64. The number of hydrogen-bond donors (Lipinski definition) is 1. The van der Waals surface area contributed by atoms with Gasteiger partial charge in [0.2, 0.25) is 0 Å². The summed E-state index contributed by atoms with van der Waals surface area (Å²) in [6.45, 7) is 8.70. The minimum atomic E-state index is -0.406. The molecule has 30 heavy (non-hydrogen) atoms. The molecule has 0 saturated heterocycles. The van der Waals surface area contributed by atoms with Crippen LogP contribution in [-0.2, 0) is 4.79 Å². The molecule has 0 fully saturated rings. The van der Waals surface area contributed by atoms with E-state index in [0.717, 1.165) is 5.57 Å². The van der Waals surface area contributed by atoms with Gasteiger partial charge in [-0.3, -0.25) is 4.79 Å². The summed E-state index contributed by atoms with van der Waals surface area (Å²) < 4.78 is 0. The van der Waals surface area contributed by atoms with Gasteiger partial charge in [-0.05, 0) is 56.1 Å². The lowest BCUT2D eigenvalue weighted by atomic mass is 9.92. The van der Waals surface area contributed by atoms with Gasteiger partial charge in [-0.2, -0.15) is 5.26 Å². The molecule has 0 aliphatic rings. The van der Waals surface area contributed by atoms with E-state index in [4.69, 9.17) is 58.0 Å². The Morgan fingerprint density at radius 3 is 2.10 bits per heavy atom. The summed E-state index contributed by atoms with van der Waals surface area (Å²) in [7, 11) is 0. The van der Waals surface area contributed by atoms with Crippen LogP contribution >= 0.6 is 58.0 Å². The molecule has 0 bridgehead atoms. The largest absolute Gasteiger partial charge is 0.505 e. The zero-order valence-electron chi connectivity index (χ0n) is 17.1. The molecule has 160 valence electrons. The monoisotopic (exact) mass is 505 g/mol. The van der Waals surface area contributed by atoms with Crippen molar-refractivity contribution in [3.05, 3.63) is 65.1 Å². The molecule has 0 heterocycles. The van der Waals surface area contributed by atoms with E-state index in [1.54, 1.807) is 26.8 Å². The number of halogens is 5. The van der Waals surface area contributed by atoms with Crippen LogP contribution in [0.5, 0.6) is 5.75 Å². The molecule has 0 aromatic heterocycles. The number of benzene rings is 1. The van der Waals surface area contributed by atoms with Gasteiger partial charge in [-0.1, -0.05) is 71.0 Å². The van der Waals surface area contributed by atoms with Gasteiger partial charge >= 0.3 is 0 Å². The average molecular weight is 508 g/mol. The maximum absolute atomic E-state index is 12.2. The van der Waals surface area contributed by atoms with Gasteiger partial charge in [-0.15, -0.1) is 0 Å². The smallest absolute Gasteiger partial charge is 0.173 e. The first-order chi connectivity index (χ1) is 13.9. The summed E-state index contributed by atoms with van der Waals surface area (Å²) in [4.78, 5) is 12.2. The lowest BCUT2D eigenvalue weighted by molar-refractivity contribution is -0.114. The lowest BCUT2D eigenvalue weighted by Gasteiger charge is -2.15. The average Bonchev–Trinajstić information content (AvgIpc) is 2.73. The van der Waals surface area contributed by atoms with E-state index >= 15 is 0 Å². The Morgan fingerprint density at radius 1 is 1.07 bits per heavy atom. The molecule has 8 heteroatoms. The summed E-state index contributed by atoms with van der Waals surface area (Å²) in [6, 6.07) is 1.98. The highest BCUT2D eigenvalue weighted by molar-refractivity contribution is 6.51. The number of carbonyl (C=O) groups excluding carboxylic acids is 1. The number of hydrogen-bond acceptors (Lipinski definition) is 3. The van der Waals surface area contributed by atoms with Crippen molar-refractivity contribution in [1.82, 2.24) is 0 Å². The number of nitriles is 1. The Balaban J connectivity index is 3.88. The van der Waals surface area contributed by atoms with E-state index in [9.17, 15) is 15.2 Å². The second-order valence-corrected chi connectivity index (χ2v) is 8.29. The third-order valence-electron chi connectivity index (χ3n) is 4.59. The molecule has 1 N–H and O–H groups in total. The van der Waals surface area contributed by atoms with Gasteiger partial charge in [0.25, 0.3) is 0 Å². The van der Waals surface area contributed by atoms with Crippen LogP contribution in [0, 0.1) is 11.3 Å². The summed E-state index contributed by atoms with van der Waals surface area (Å²) in [6.07, 6.45) is 3.66. The zero-order chi connectivity index (χ0) is 23.3. The molecular weight excluding hydrogens is 488 g/mol. The Hall–Kier alpha value is -1.41. The predicted octanol–water partition coefficient (Wildman–Crippen LogP) is 8.69. The number of carbonyl (C=O) groups is 1. The van der Waals surface area contributed by atoms with E-state index in [1.165, 1.54) is 0 Å². The van der Waals surface area contributed by atoms with Gasteiger partial charge in [0.15, 0.2) is 11.5 Å². The van der Waals surface area contributed by atoms with E-state index in [2.05, 4.69) is 0 Å². The minimum Gasteiger partial charge on any atom is -0.505 e. The van der Waals surface area contributed by atoms with E-state index in [1.807, 2.05) is 26.0 Å². The van der Waals surface area contributed by atoms with Crippen molar-refractivity contribution in [3.63, 3.8) is 0 Å². The second-order valence-electron chi connectivity index (χ2n) is 6.37. The van der Waals surface area contributed by atoms with Crippen molar-refractivity contribution in [3.8, 4) is 11.8 Å². The van der Waals surface area contributed by atoms with Crippen LogP contribution < -0.4 is 0 Å². The molecule has 0 amide bonds. The van der Waals surface area contributed by atoms with Crippen molar-refractivity contribution >= 4 is 69.4 Å². The number of phenolic OH excluding ortho intramolecular Hbond substituents is 1. The maximum atomic E-state index is 12.2. The van der Waals surface area contributed by atoms with Gasteiger partial charge in [-0.25, -0.2) is 0 Å². The van der Waals surface area contributed by atoms with Gasteiger partial charge in [0.05, 0.1) is 20.6 Å². The Kier molecular flexibility index (Phi) is 10.0. The van der Waals surface area contributed by atoms with Crippen LogP contribution in [0.2, 0.25) is 20.1 Å². The molecule has 0 spiro atoms. The molecule has 1 rings (SSSR count). The van der Waals surface area contributed by atoms with Crippen molar-refractivity contribution < 1.29 is 9.90 Å². The standard InChI is InChI=1S/C22H20Cl5NO2/c1-6-10(3)13(11(4)14(9-28)16(29)7-2)8-15(23)12(5)17-18(24)20(26)21(27)22(30)19(17)25/h6,8,30H,7H2,1-5H3/b10-6-,13-8+,14-11-,15-12-. The number of phenols is 1. The number of rotatable bonds is 6. The van der Waals surface area contributed by atoms with Crippen molar-refractivity contribution in [2.24, 2.45) is 0 Å². The molecule has 0 unspecified atom stereocenters. The van der Waals surface area contributed by atoms with Gasteiger partial charge < -0.3 is 5.11 Å². The molecule has 1 aromatic carbocycles. The molecule has 3 nitrogen and oxygen atoms in total. The van der Waals surface area contributed by atoms with Crippen LogP contribution in [0.1, 0.15) is 46.6 Å². The van der Waals surface area contributed by atoms with Crippen LogP contribution in [0.4, 0.5) is 0 Å². The highest BCUT2D eigenvalue weighted by Crippen LogP contribution is 2.48. The van der Waals surface area contributed by atoms with Crippen LogP contribution in [0.3, 0.4) is 0 Å². The lowest BCUT2D eigenvalue weighted by Crippen LogP contribution is -2.04. The first-order valence-corrected chi connectivity index (χ1v) is 10.7. The highest BCUT2D eigenvalue weighted by atomic mass is 35.5. The number of Topliss-reactive ketones (excluding diaryl/α,β-unsaturated/α-hetero) is 1. The number of aromatic hydroxyl groups is 1. The molecule has 0 aliphatic heterocycles. The topological polar surface area (TPSA) is 61.1 Å². The van der Waals surface area contributed by atoms with Crippen molar-refractivity contribution in [2.45, 2.75) is 41.0 Å². The zero-order valence-corrected chi connectivity index (χ0v) is 20.8. The Bertz CT molecular complexity index is 1030. The second kappa shape index (κ2) is 11.3. The number of ketones is 1. The summed E-state index contributed by atoms with van der Waals surface area (Å²) >= 11 is 31.1.